The minimum Gasteiger partial charge on any atom is -0.262 e. The Morgan fingerprint density at radius 2 is 2.25 bits per heavy atom. The third-order valence-electron chi connectivity index (χ3n) is 1.93. The van der Waals surface area contributed by atoms with Crippen molar-refractivity contribution in [3.8, 4) is 0 Å². The average molecular weight is 328 g/mol. The van der Waals surface area contributed by atoms with Crippen LogP contribution in [-0.2, 0) is 10.0 Å². The van der Waals surface area contributed by atoms with Crippen LogP contribution < -0.4 is 4.72 Å². The van der Waals surface area contributed by atoms with Crippen molar-refractivity contribution >= 4 is 37.6 Å². The van der Waals surface area contributed by atoms with Gasteiger partial charge in [0.2, 0.25) is 10.0 Å². The van der Waals surface area contributed by atoms with Crippen molar-refractivity contribution in [3.05, 3.63) is 22.9 Å². The third-order valence-corrected chi connectivity index (χ3v) is 4.22. The molecular formula is C9H12BrClN2O2S. The highest BCUT2D eigenvalue weighted by Gasteiger charge is 2.15. The molecule has 0 amide bonds. The standard InChI is InChI=1S/C9H12BrClN2O2S/c1-2-8(11)5-13-16(14,15)9-3-7(10)4-12-6-9/h3-4,6,8,13H,2,5H2,1H3. The van der Waals surface area contributed by atoms with E-state index in [-0.39, 0.29) is 16.8 Å². The van der Waals surface area contributed by atoms with Gasteiger partial charge in [-0.25, -0.2) is 13.1 Å². The lowest BCUT2D eigenvalue weighted by Gasteiger charge is -2.09. The number of aromatic nitrogens is 1. The van der Waals surface area contributed by atoms with Crippen LogP contribution in [0.25, 0.3) is 0 Å². The van der Waals surface area contributed by atoms with E-state index in [9.17, 15) is 8.42 Å². The molecular weight excluding hydrogens is 316 g/mol. The molecule has 7 heteroatoms. The van der Waals surface area contributed by atoms with Crippen LogP contribution in [0.5, 0.6) is 0 Å². The zero-order chi connectivity index (χ0) is 12.2. The SMILES string of the molecule is CCC(Cl)CNS(=O)(=O)c1cncc(Br)c1. The fourth-order valence-corrected chi connectivity index (χ4v) is 2.72. The molecule has 0 fully saturated rings. The van der Waals surface area contributed by atoms with Gasteiger partial charge in [0.15, 0.2) is 0 Å². The molecule has 0 aliphatic carbocycles. The van der Waals surface area contributed by atoms with Crippen LogP contribution in [0.1, 0.15) is 13.3 Å². The first-order valence-electron chi connectivity index (χ1n) is 4.70. The molecule has 0 aliphatic heterocycles. The molecule has 0 aliphatic rings. The summed E-state index contributed by atoms with van der Waals surface area (Å²) >= 11 is 9.01. The lowest BCUT2D eigenvalue weighted by molar-refractivity contribution is 0.578. The molecule has 90 valence electrons. The Morgan fingerprint density at radius 3 is 2.81 bits per heavy atom. The van der Waals surface area contributed by atoms with Crippen LogP contribution in [0.3, 0.4) is 0 Å². The van der Waals surface area contributed by atoms with Gasteiger partial charge in [-0.3, -0.25) is 4.98 Å². The molecule has 1 rings (SSSR count). The van der Waals surface area contributed by atoms with Gasteiger partial charge < -0.3 is 0 Å². The van der Waals surface area contributed by atoms with Crippen molar-refractivity contribution in [2.75, 3.05) is 6.54 Å². The minimum absolute atomic E-state index is 0.127. The number of rotatable bonds is 5. The highest BCUT2D eigenvalue weighted by atomic mass is 79.9. The summed E-state index contributed by atoms with van der Waals surface area (Å²) in [4.78, 5) is 3.93. The average Bonchev–Trinajstić information content (AvgIpc) is 2.26. The van der Waals surface area contributed by atoms with E-state index in [0.29, 0.717) is 10.9 Å². The van der Waals surface area contributed by atoms with Crippen LogP contribution in [0.4, 0.5) is 0 Å². The number of pyridine rings is 1. The molecule has 16 heavy (non-hydrogen) atoms. The van der Waals surface area contributed by atoms with Crippen LogP contribution in [0.2, 0.25) is 0 Å². The molecule has 1 unspecified atom stereocenters. The first-order chi connectivity index (χ1) is 7.45. The van der Waals surface area contributed by atoms with Gasteiger partial charge in [0, 0.05) is 28.8 Å². The minimum atomic E-state index is -3.51. The van der Waals surface area contributed by atoms with Crippen molar-refractivity contribution in [1.82, 2.24) is 9.71 Å². The largest absolute Gasteiger partial charge is 0.262 e. The van der Waals surface area contributed by atoms with E-state index in [1.807, 2.05) is 6.92 Å². The number of halogens is 2. The molecule has 4 nitrogen and oxygen atoms in total. The lowest BCUT2D eigenvalue weighted by Crippen LogP contribution is -2.29. The summed E-state index contributed by atoms with van der Waals surface area (Å²) in [5.41, 5.74) is 0. The number of hydrogen-bond donors (Lipinski definition) is 1. The van der Waals surface area contributed by atoms with Crippen molar-refractivity contribution in [2.45, 2.75) is 23.6 Å². The number of nitrogens with one attached hydrogen (secondary N) is 1. The Hall–Kier alpha value is -0.170. The highest BCUT2D eigenvalue weighted by Crippen LogP contribution is 2.14. The van der Waals surface area contributed by atoms with Gasteiger partial charge in [-0.1, -0.05) is 6.92 Å². The van der Waals surface area contributed by atoms with Crippen molar-refractivity contribution in [1.29, 1.82) is 0 Å². The predicted molar refractivity (Wildman–Crippen MR) is 67.1 cm³/mol. The Kier molecular flexibility index (Phi) is 5.17. The zero-order valence-electron chi connectivity index (χ0n) is 8.65. The Labute approximate surface area is 109 Å². The number of alkyl halides is 1. The molecule has 1 aromatic heterocycles. The second-order valence-corrected chi connectivity index (χ2v) is 6.50. The van der Waals surface area contributed by atoms with Crippen LogP contribution >= 0.6 is 27.5 Å². The molecule has 0 spiro atoms. The maximum atomic E-state index is 11.8. The number of nitrogens with zero attached hydrogens (tertiary/aromatic N) is 1. The summed E-state index contributed by atoms with van der Waals surface area (Å²) in [5.74, 6) is 0. The van der Waals surface area contributed by atoms with Crippen LogP contribution in [0.15, 0.2) is 27.8 Å². The molecule has 1 aromatic rings. The quantitative estimate of drug-likeness (QED) is 0.843. The molecule has 0 aromatic carbocycles. The van der Waals surface area contributed by atoms with Gasteiger partial charge in [-0.05, 0) is 28.4 Å². The maximum absolute atomic E-state index is 11.8. The monoisotopic (exact) mass is 326 g/mol. The van der Waals surface area contributed by atoms with Gasteiger partial charge in [-0.2, -0.15) is 0 Å². The molecule has 1 heterocycles. The molecule has 0 bridgehead atoms. The smallest absolute Gasteiger partial charge is 0.242 e. The highest BCUT2D eigenvalue weighted by molar-refractivity contribution is 9.10. The van der Waals surface area contributed by atoms with E-state index < -0.39 is 10.0 Å². The Balaban J connectivity index is 2.78. The predicted octanol–water partition coefficient (Wildman–Crippen LogP) is 2.14. The van der Waals surface area contributed by atoms with Crippen molar-refractivity contribution in [3.63, 3.8) is 0 Å². The van der Waals surface area contributed by atoms with E-state index in [1.165, 1.54) is 18.5 Å². The summed E-state index contributed by atoms with van der Waals surface area (Å²) in [5, 5.41) is -0.199. The molecule has 0 saturated heterocycles. The molecule has 0 saturated carbocycles. The van der Waals surface area contributed by atoms with Crippen LogP contribution in [0, 0.1) is 0 Å². The van der Waals surface area contributed by atoms with E-state index in [2.05, 4.69) is 25.6 Å². The first-order valence-corrected chi connectivity index (χ1v) is 7.41. The summed E-state index contributed by atoms with van der Waals surface area (Å²) in [6, 6.07) is 1.49. The summed E-state index contributed by atoms with van der Waals surface area (Å²) < 4.78 is 26.6. The van der Waals surface area contributed by atoms with E-state index in [0.717, 1.165) is 0 Å². The first kappa shape index (κ1) is 13.9. The maximum Gasteiger partial charge on any atom is 0.242 e. The Morgan fingerprint density at radius 1 is 1.56 bits per heavy atom. The molecule has 1 atom stereocenters. The van der Waals surface area contributed by atoms with E-state index in [1.54, 1.807) is 0 Å². The topological polar surface area (TPSA) is 59.1 Å². The zero-order valence-corrected chi connectivity index (χ0v) is 11.8. The van der Waals surface area contributed by atoms with Gasteiger partial charge in [0.05, 0.1) is 0 Å². The molecule has 1 N–H and O–H groups in total. The lowest BCUT2D eigenvalue weighted by atomic mass is 10.3. The Bertz CT molecular complexity index is 453. The third kappa shape index (κ3) is 4.01. The normalized spacial score (nSPS) is 13.7. The summed E-state index contributed by atoms with van der Waals surface area (Å²) in [7, 11) is -3.51. The summed E-state index contributed by atoms with van der Waals surface area (Å²) in [6.45, 7) is 2.11. The number of hydrogen-bond acceptors (Lipinski definition) is 3. The fourth-order valence-electron chi connectivity index (χ4n) is 0.967. The van der Waals surface area contributed by atoms with Gasteiger partial charge in [-0.15, -0.1) is 11.6 Å². The van der Waals surface area contributed by atoms with E-state index >= 15 is 0 Å². The van der Waals surface area contributed by atoms with Crippen molar-refractivity contribution < 1.29 is 8.42 Å². The second-order valence-electron chi connectivity index (χ2n) is 3.20. The molecule has 0 radical (unpaired) electrons. The fraction of sp³-hybridized carbons (Fsp3) is 0.444. The van der Waals surface area contributed by atoms with Gasteiger partial charge in [0.25, 0.3) is 0 Å². The summed E-state index contributed by atoms with van der Waals surface area (Å²) in [6.07, 6.45) is 3.53. The number of sulfonamides is 1. The van der Waals surface area contributed by atoms with Gasteiger partial charge >= 0.3 is 0 Å². The second kappa shape index (κ2) is 5.95. The van der Waals surface area contributed by atoms with Crippen molar-refractivity contribution in [2.24, 2.45) is 0 Å². The van der Waals surface area contributed by atoms with Gasteiger partial charge in [0.1, 0.15) is 4.90 Å². The van der Waals surface area contributed by atoms with Crippen LogP contribution in [-0.4, -0.2) is 25.3 Å². The van der Waals surface area contributed by atoms with E-state index in [4.69, 9.17) is 11.6 Å².